The highest BCUT2D eigenvalue weighted by Crippen LogP contribution is 2.37. The molecule has 0 radical (unpaired) electrons. The van der Waals surface area contributed by atoms with Crippen molar-refractivity contribution in [3.63, 3.8) is 0 Å². The lowest BCUT2D eigenvalue weighted by molar-refractivity contribution is 0.0702. The van der Waals surface area contributed by atoms with Crippen LogP contribution in [0.3, 0.4) is 0 Å². The van der Waals surface area contributed by atoms with Gasteiger partial charge in [-0.05, 0) is 29.8 Å². The van der Waals surface area contributed by atoms with Gasteiger partial charge in [-0.25, -0.2) is 9.64 Å². The standard InChI is InChI=1S/C14H8Cl3NO3S/c1-18-9-6-8(11-4-5-12(22-11)13(19)20)2-3-10(9)21-7-14(15,16)17/h2-6H,7H2,(H,19,20). The molecule has 8 heteroatoms. The maximum absolute atomic E-state index is 10.9. The number of carboxylic acids is 1. The Morgan fingerprint density at radius 1 is 1.32 bits per heavy atom. The second-order valence-corrected chi connectivity index (χ2v) is 7.77. The third kappa shape index (κ3) is 4.28. The van der Waals surface area contributed by atoms with Gasteiger partial charge < -0.3 is 9.84 Å². The van der Waals surface area contributed by atoms with E-state index in [4.69, 9.17) is 51.2 Å². The van der Waals surface area contributed by atoms with Crippen molar-refractivity contribution in [1.82, 2.24) is 0 Å². The smallest absolute Gasteiger partial charge is 0.345 e. The molecule has 0 aliphatic carbocycles. The van der Waals surface area contributed by atoms with Crippen LogP contribution in [0.1, 0.15) is 9.67 Å². The van der Waals surface area contributed by atoms with Crippen molar-refractivity contribution in [1.29, 1.82) is 0 Å². The van der Waals surface area contributed by atoms with Crippen LogP contribution in [-0.4, -0.2) is 21.5 Å². The number of hydrogen-bond acceptors (Lipinski definition) is 3. The molecule has 2 rings (SSSR count). The van der Waals surface area contributed by atoms with Gasteiger partial charge in [0.25, 0.3) is 0 Å². The second kappa shape index (κ2) is 6.76. The van der Waals surface area contributed by atoms with Gasteiger partial charge in [0.2, 0.25) is 9.48 Å². The first-order valence-electron chi connectivity index (χ1n) is 5.85. The summed E-state index contributed by atoms with van der Waals surface area (Å²) in [4.78, 5) is 15.3. The normalized spacial score (nSPS) is 11.0. The molecule has 0 fully saturated rings. The number of thiophene rings is 1. The lowest BCUT2D eigenvalue weighted by Crippen LogP contribution is -2.15. The highest BCUT2D eigenvalue weighted by atomic mass is 35.6. The molecule has 0 spiro atoms. The van der Waals surface area contributed by atoms with Crippen LogP contribution in [0.4, 0.5) is 5.69 Å². The predicted molar refractivity (Wildman–Crippen MR) is 88.8 cm³/mol. The zero-order valence-corrected chi connectivity index (χ0v) is 13.9. The van der Waals surface area contributed by atoms with Gasteiger partial charge in [-0.15, -0.1) is 11.3 Å². The van der Waals surface area contributed by atoms with Crippen LogP contribution in [0.5, 0.6) is 5.75 Å². The van der Waals surface area contributed by atoms with Crippen molar-refractivity contribution in [2.24, 2.45) is 0 Å². The van der Waals surface area contributed by atoms with Crippen LogP contribution in [0, 0.1) is 6.57 Å². The molecular weight excluding hydrogens is 369 g/mol. The van der Waals surface area contributed by atoms with E-state index in [0.717, 1.165) is 21.8 Å². The second-order valence-electron chi connectivity index (χ2n) is 4.17. The molecular formula is C14H8Cl3NO3S. The Labute approximate surface area is 145 Å². The summed E-state index contributed by atoms with van der Waals surface area (Å²) < 4.78 is 3.76. The first-order chi connectivity index (χ1) is 10.3. The fourth-order valence-corrected chi connectivity index (χ4v) is 2.65. The van der Waals surface area contributed by atoms with Crippen molar-refractivity contribution in [2.75, 3.05) is 6.61 Å². The van der Waals surface area contributed by atoms with Crippen LogP contribution in [0.2, 0.25) is 0 Å². The molecule has 1 aromatic carbocycles. The summed E-state index contributed by atoms with van der Waals surface area (Å²) in [6.45, 7) is 7.03. The lowest BCUT2D eigenvalue weighted by atomic mass is 10.1. The molecule has 1 heterocycles. The molecule has 0 aliphatic heterocycles. The monoisotopic (exact) mass is 375 g/mol. The van der Waals surface area contributed by atoms with Gasteiger partial charge >= 0.3 is 5.97 Å². The quantitative estimate of drug-likeness (QED) is 0.573. The lowest BCUT2D eigenvalue weighted by Gasteiger charge is -2.14. The van der Waals surface area contributed by atoms with Crippen molar-refractivity contribution < 1.29 is 14.6 Å². The molecule has 1 aromatic heterocycles. The number of carbonyl (C=O) groups is 1. The summed E-state index contributed by atoms with van der Waals surface area (Å²) in [5, 5.41) is 8.94. The highest BCUT2D eigenvalue weighted by molar-refractivity contribution is 7.17. The molecule has 2 aromatic rings. The molecule has 0 unspecified atom stereocenters. The Balaban J connectivity index is 2.28. The van der Waals surface area contributed by atoms with Crippen molar-refractivity contribution >= 4 is 57.8 Å². The maximum atomic E-state index is 10.9. The van der Waals surface area contributed by atoms with Crippen LogP contribution in [-0.2, 0) is 0 Å². The number of hydrogen-bond donors (Lipinski definition) is 1. The first-order valence-corrected chi connectivity index (χ1v) is 7.80. The molecule has 0 amide bonds. The molecule has 0 atom stereocenters. The summed E-state index contributed by atoms with van der Waals surface area (Å²) in [6.07, 6.45) is 0. The third-order valence-electron chi connectivity index (χ3n) is 2.57. The summed E-state index contributed by atoms with van der Waals surface area (Å²) in [6, 6.07) is 8.14. The number of nitrogens with zero attached hydrogens (tertiary/aromatic N) is 1. The minimum absolute atomic E-state index is 0.179. The number of rotatable bonds is 4. The third-order valence-corrected chi connectivity index (χ3v) is 4.02. The Morgan fingerprint density at radius 3 is 2.59 bits per heavy atom. The van der Waals surface area contributed by atoms with E-state index in [-0.39, 0.29) is 17.2 Å². The molecule has 114 valence electrons. The molecule has 22 heavy (non-hydrogen) atoms. The van der Waals surface area contributed by atoms with Gasteiger partial charge in [0.1, 0.15) is 17.2 Å². The van der Waals surface area contributed by atoms with Crippen LogP contribution >= 0.6 is 46.1 Å². The number of benzene rings is 1. The zero-order valence-electron chi connectivity index (χ0n) is 10.8. The summed E-state index contributed by atoms with van der Waals surface area (Å²) >= 11 is 18.0. The molecule has 0 bridgehead atoms. The van der Waals surface area contributed by atoms with Gasteiger partial charge in [0, 0.05) is 4.88 Å². The van der Waals surface area contributed by atoms with E-state index in [2.05, 4.69) is 4.85 Å². The van der Waals surface area contributed by atoms with Crippen LogP contribution in [0.25, 0.3) is 15.3 Å². The number of alkyl halides is 3. The molecule has 0 aliphatic rings. The zero-order chi connectivity index (χ0) is 16.3. The predicted octanol–water partition coefficient (Wildman–Crippen LogP) is 5.41. The molecule has 0 saturated carbocycles. The molecule has 1 N–H and O–H groups in total. The van der Waals surface area contributed by atoms with E-state index in [0.29, 0.717) is 5.75 Å². The Hall–Kier alpha value is -1.45. The minimum Gasteiger partial charge on any atom is -0.500 e. The SMILES string of the molecule is [C-]#[N+]c1cc(-c2ccc(C(=O)O)s2)ccc1OCC(Cl)(Cl)Cl. The number of carboxylic acid groups (broad SMARTS) is 1. The van der Waals surface area contributed by atoms with Crippen molar-refractivity contribution in [2.45, 2.75) is 3.79 Å². The van der Waals surface area contributed by atoms with E-state index < -0.39 is 9.76 Å². The van der Waals surface area contributed by atoms with E-state index in [9.17, 15) is 4.79 Å². The van der Waals surface area contributed by atoms with Crippen molar-refractivity contribution in [3.05, 3.63) is 46.6 Å². The van der Waals surface area contributed by atoms with Gasteiger partial charge in [-0.1, -0.05) is 40.9 Å². The molecule has 4 nitrogen and oxygen atoms in total. The largest absolute Gasteiger partial charge is 0.500 e. The van der Waals surface area contributed by atoms with Gasteiger partial charge in [0.05, 0.1) is 6.57 Å². The number of aromatic carboxylic acids is 1. The Kier molecular flexibility index (Phi) is 5.20. The fourth-order valence-electron chi connectivity index (χ4n) is 1.65. The topological polar surface area (TPSA) is 50.9 Å². The summed E-state index contributed by atoms with van der Waals surface area (Å²) in [5.41, 5.74) is 0.988. The van der Waals surface area contributed by atoms with E-state index >= 15 is 0 Å². The fraction of sp³-hybridized carbons (Fsp3) is 0.143. The Bertz CT molecular complexity index is 747. The average Bonchev–Trinajstić information content (AvgIpc) is 2.94. The summed E-state index contributed by atoms with van der Waals surface area (Å²) in [5.74, 6) is -0.677. The van der Waals surface area contributed by atoms with Gasteiger partial charge in [-0.3, -0.25) is 0 Å². The maximum Gasteiger partial charge on any atom is 0.345 e. The van der Waals surface area contributed by atoms with Gasteiger partial charge in [-0.2, -0.15) is 0 Å². The van der Waals surface area contributed by atoms with E-state index in [1.165, 1.54) is 6.07 Å². The van der Waals surface area contributed by atoms with Gasteiger partial charge in [0.15, 0.2) is 0 Å². The summed E-state index contributed by atoms with van der Waals surface area (Å²) in [7, 11) is 0. The number of halogens is 3. The van der Waals surface area contributed by atoms with E-state index in [1.54, 1.807) is 24.3 Å². The van der Waals surface area contributed by atoms with Crippen molar-refractivity contribution in [3.8, 4) is 16.2 Å². The first kappa shape index (κ1) is 16.9. The van der Waals surface area contributed by atoms with E-state index in [1.807, 2.05) is 0 Å². The van der Waals surface area contributed by atoms with Crippen LogP contribution in [0.15, 0.2) is 30.3 Å². The molecule has 0 saturated heterocycles. The Morgan fingerprint density at radius 2 is 2.05 bits per heavy atom. The number of ether oxygens (including phenoxy) is 1. The highest BCUT2D eigenvalue weighted by Gasteiger charge is 2.21. The minimum atomic E-state index is -1.57. The average molecular weight is 377 g/mol. The van der Waals surface area contributed by atoms with Crippen LogP contribution < -0.4 is 4.74 Å².